The van der Waals surface area contributed by atoms with Gasteiger partial charge in [-0.1, -0.05) is 24.2 Å². The Labute approximate surface area is 111 Å². The summed E-state index contributed by atoms with van der Waals surface area (Å²) in [6, 6.07) is 6.64. The summed E-state index contributed by atoms with van der Waals surface area (Å²) < 4.78 is 0. The number of non-ortho nitro benzene ring substituents is 1. The number of rotatable bonds is 3. The minimum absolute atomic E-state index is 0.116. The number of nitrogens with zero attached hydrogens (tertiary/aromatic N) is 3. The van der Waals surface area contributed by atoms with Crippen molar-refractivity contribution in [3.63, 3.8) is 0 Å². The molecule has 0 saturated carbocycles. The highest BCUT2D eigenvalue weighted by molar-refractivity contribution is 5.86. The molecule has 0 bridgehead atoms. The number of piperidine rings is 1. The van der Waals surface area contributed by atoms with Gasteiger partial charge in [-0.15, -0.1) is 0 Å². The Kier molecular flexibility index (Phi) is 4.11. The first-order chi connectivity index (χ1) is 9.10. The van der Waals surface area contributed by atoms with Crippen LogP contribution in [0.1, 0.15) is 18.9 Å². The van der Waals surface area contributed by atoms with Gasteiger partial charge in [0.05, 0.1) is 10.6 Å². The van der Waals surface area contributed by atoms with Crippen LogP contribution in [0.5, 0.6) is 0 Å². The number of likely N-dealkylation sites (tertiary alicyclic amines) is 1. The summed E-state index contributed by atoms with van der Waals surface area (Å²) in [7, 11) is 0. The van der Waals surface area contributed by atoms with Crippen LogP contribution in [0.25, 0.3) is 0 Å². The van der Waals surface area contributed by atoms with E-state index < -0.39 is 4.92 Å². The van der Waals surface area contributed by atoms with Crippen molar-refractivity contribution in [2.45, 2.75) is 19.9 Å². The second-order valence-electron chi connectivity index (χ2n) is 4.90. The predicted molar refractivity (Wildman–Crippen MR) is 71.4 cm³/mol. The van der Waals surface area contributed by atoms with Gasteiger partial charge in [0.15, 0.2) is 0 Å². The molecule has 1 saturated heterocycles. The van der Waals surface area contributed by atoms with Crippen molar-refractivity contribution in [3.05, 3.63) is 39.9 Å². The Hall–Kier alpha value is -1.95. The monoisotopic (exact) mass is 263 g/mol. The standard InChI is InChI=1S/C13H17N3O3/c1-10-8-15(7-6-13(10)14-17)9-11-2-4-12(5-3-11)16(18)19/h2-5,10,17H,6-9H2,1H3/b14-13+. The van der Waals surface area contributed by atoms with Crippen molar-refractivity contribution in [1.82, 2.24) is 4.90 Å². The van der Waals surface area contributed by atoms with Gasteiger partial charge in [0, 0.05) is 44.1 Å². The number of nitro groups is 1. The van der Waals surface area contributed by atoms with Crippen molar-refractivity contribution < 1.29 is 10.1 Å². The van der Waals surface area contributed by atoms with Gasteiger partial charge in [-0.2, -0.15) is 0 Å². The third-order valence-corrected chi connectivity index (χ3v) is 3.47. The molecule has 0 radical (unpaired) electrons. The quantitative estimate of drug-likeness (QED) is 0.515. The van der Waals surface area contributed by atoms with Crippen LogP contribution in [0.3, 0.4) is 0 Å². The summed E-state index contributed by atoms with van der Waals surface area (Å²) >= 11 is 0. The highest BCUT2D eigenvalue weighted by Gasteiger charge is 2.22. The molecule has 1 aromatic rings. The van der Waals surface area contributed by atoms with Gasteiger partial charge in [0.1, 0.15) is 0 Å². The molecule has 1 N–H and O–H groups in total. The van der Waals surface area contributed by atoms with E-state index in [2.05, 4.69) is 10.1 Å². The van der Waals surface area contributed by atoms with Gasteiger partial charge >= 0.3 is 0 Å². The van der Waals surface area contributed by atoms with E-state index in [-0.39, 0.29) is 11.6 Å². The lowest BCUT2D eigenvalue weighted by Crippen LogP contribution is -2.39. The van der Waals surface area contributed by atoms with E-state index >= 15 is 0 Å². The topological polar surface area (TPSA) is 79.0 Å². The van der Waals surface area contributed by atoms with E-state index in [1.54, 1.807) is 12.1 Å². The smallest absolute Gasteiger partial charge is 0.269 e. The largest absolute Gasteiger partial charge is 0.411 e. The summed E-state index contributed by atoms with van der Waals surface area (Å²) in [6.07, 6.45) is 0.769. The van der Waals surface area contributed by atoms with Gasteiger partial charge in [-0.05, 0) is 5.56 Å². The second kappa shape index (κ2) is 5.79. The van der Waals surface area contributed by atoms with Gasteiger partial charge in [0.2, 0.25) is 0 Å². The molecule has 1 heterocycles. The molecule has 19 heavy (non-hydrogen) atoms. The average molecular weight is 263 g/mol. The lowest BCUT2D eigenvalue weighted by Gasteiger charge is -2.31. The molecule has 0 amide bonds. The average Bonchev–Trinajstić information content (AvgIpc) is 2.39. The van der Waals surface area contributed by atoms with Crippen molar-refractivity contribution in [3.8, 4) is 0 Å². The molecule has 102 valence electrons. The first-order valence-electron chi connectivity index (χ1n) is 6.26. The summed E-state index contributed by atoms with van der Waals surface area (Å²) in [6.45, 7) is 4.50. The summed E-state index contributed by atoms with van der Waals surface area (Å²) in [5.74, 6) is 0.247. The third-order valence-electron chi connectivity index (χ3n) is 3.47. The van der Waals surface area contributed by atoms with Crippen LogP contribution in [0, 0.1) is 16.0 Å². The number of benzene rings is 1. The summed E-state index contributed by atoms with van der Waals surface area (Å²) in [5.41, 5.74) is 2.02. The minimum Gasteiger partial charge on any atom is -0.411 e. The Balaban J connectivity index is 1.96. The summed E-state index contributed by atoms with van der Waals surface area (Å²) in [4.78, 5) is 12.4. The Bertz CT molecular complexity index is 484. The Morgan fingerprint density at radius 2 is 2.16 bits per heavy atom. The normalized spacial score (nSPS) is 22.6. The maximum absolute atomic E-state index is 10.6. The van der Waals surface area contributed by atoms with Gasteiger partial charge in [0.25, 0.3) is 5.69 Å². The molecule has 0 aliphatic carbocycles. The maximum atomic E-state index is 10.6. The van der Waals surface area contributed by atoms with Crippen LogP contribution in [0.4, 0.5) is 5.69 Å². The second-order valence-corrected chi connectivity index (χ2v) is 4.90. The molecule has 6 nitrogen and oxygen atoms in total. The fourth-order valence-corrected chi connectivity index (χ4v) is 2.38. The predicted octanol–water partition coefficient (Wildman–Crippen LogP) is 2.27. The number of hydrogen-bond donors (Lipinski definition) is 1. The lowest BCUT2D eigenvalue weighted by molar-refractivity contribution is -0.384. The van der Waals surface area contributed by atoms with Crippen LogP contribution in [0.2, 0.25) is 0 Å². The molecule has 1 aliphatic heterocycles. The van der Waals surface area contributed by atoms with E-state index in [1.807, 2.05) is 6.92 Å². The molecule has 1 unspecified atom stereocenters. The maximum Gasteiger partial charge on any atom is 0.269 e. The highest BCUT2D eigenvalue weighted by atomic mass is 16.6. The van der Waals surface area contributed by atoms with Crippen molar-refractivity contribution in [2.75, 3.05) is 13.1 Å². The first-order valence-corrected chi connectivity index (χ1v) is 6.26. The summed E-state index contributed by atoms with van der Waals surface area (Å²) in [5, 5.41) is 22.7. The molecule has 1 aromatic carbocycles. The number of nitro benzene ring substituents is 1. The molecule has 6 heteroatoms. The van der Waals surface area contributed by atoms with Crippen LogP contribution >= 0.6 is 0 Å². The van der Waals surface area contributed by atoms with E-state index in [4.69, 9.17) is 5.21 Å². The lowest BCUT2D eigenvalue weighted by atomic mass is 9.97. The van der Waals surface area contributed by atoms with Gasteiger partial charge in [-0.3, -0.25) is 15.0 Å². The molecule has 0 spiro atoms. The number of hydrogen-bond acceptors (Lipinski definition) is 5. The molecule has 1 fully saturated rings. The number of oxime groups is 1. The fraction of sp³-hybridized carbons (Fsp3) is 0.462. The van der Waals surface area contributed by atoms with Crippen LogP contribution in [-0.4, -0.2) is 33.8 Å². The molecule has 2 rings (SSSR count). The van der Waals surface area contributed by atoms with Crippen LogP contribution in [0.15, 0.2) is 29.4 Å². The molecule has 0 aromatic heterocycles. The fourth-order valence-electron chi connectivity index (χ4n) is 2.38. The van der Waals surface area contributed by atoms with Crippen LogP contribution < -0.4 is 0 Å². The molecular weight excluding hydrogens is 246 g/mol. The van der Waals surface area contributed by atoms with Crippen LogP contribution in [-0.2, 0) is 6.54 Å². The third kappa shape index (κ3) is 3.29. The first kappa shape index (κ1) is 13.5. The Morgan fingerprint density at radius 1 is 1.47 bits per heavy atom. The van der Waals surface area contributed by atoms with E-state index in [0.29, 0.717) is 0 Å². The molecule has 1 atom stereocenters. The molecular formula is C13H17N3O3. The van der Waals surface area contributed by atoms with Crippen molar-refractivity contribution in [1.29, 1.82) is 0 Å². The Morgan fingerprint density at radius 3 is 2.68 bits per heavy atom. The van der Waals surface area contributed by atoms with Crippen molar-refractivity contribution in [2.24, 2.45) is 11.1 Å². The van der Waals surface area contributed by atoms with Gasteiger partial charge in [-0.25, -0.2) is 0 Å². The minimum atomic E-state index is -0.392. The highest BCUT2D eigenvalue weighted by Crippen LogP contribution is 2.18. The zero-order valence-corrected chi connectivity index (χ0v) is 10.8. The van der Waals surface area contributed by atoms with E-state index in [1.165, 1.54) is 12.1 Å². The van der Waals surface area contributed by atoms with E-state index in [0.717, 1.165) is 37.3 Å². The van der Waals surface area contributed by atoms with Gasteiger partial charge < -0.3 is 5.21 Å². The van der Waals surface area contributed by atoms with Crippen molar-refractivity contribution >= 4 is 11.4 Å². The zero-order chi connectivity index (χ0) is 13.8. The zero-order valence-electron chi connectivity index (χ0n) is 10.8. The van der Waals surface area contributed by atoms with E-state index in [9.17, 15) is 10.1 Å². The molecule has 1 aliphatic rings. The SMILES string of the molecule is CC1CN(Cc2ccc([N+](=O)[O-])cc2)CC/C1=N\O.